The number of amides is 1. The largest absolute Gasteiger partial charge is 0.476 e. The number of para-hydroxylation sites is 2. The second-order valence-corrected chi connectivity index (χ2v) is 10.9. The minimum Gasteiger partial charge on any atom is -0.476 e. The zero-order valence-electron chi connectivity index (χ0n) is 18.3. The summed E-state index contributed by atoms with van der Waals surface area (Å²) >= 11 is 1.65. The average molecular weight is 483 g/mol. The Morgan fingerprint density at radius 1 is 1.03 bits per heavy atom. The van der Waals surface area contributed by atoms with Crippen LogP contribution in [0.5, 0.6) is 5.75 Å². The Morgan fingerprint density at radius 3 is 2.48 bits per heavy atom. The van der Waals surface area contributed by atoms with Gasteiger partial charge in [-0.2, -0.15) is 0 Å². The van der Waals surface area contributed by atoms with E-state index in [9.17, 15) is 13.2 Å². The molecule has 33 heavy (non-hydrogen) atoms. The molecule has 1 unspecified atom stereocenters. The molecular weight excluding hydrogens is 456 g/mol. The van der Waals surface area contributed by atoms with Gasteiger partial charge in [-0.05, 0) is 36.8 Å². The van der Waals surface area contributed by atoms with Gasteiger partial charge in [0, 0.05) is 17.2 Å². The summed E-state index contributed by atoms with van der Waals surface area (Å²) < 4.78 is 33.7. The Balaban J connectivity index is 1.42. The Morgan fingerprint density at radius 2 is 1.73 bits per heavy atom. The first-order chi connectivity index (χ1) is 15.9. The maximum Gasteiger partial charge on any atom is 0.263 e. The Bertz CT molecular complexity index is 1200. The van der Waals surface area contributed by atoms with Gasteiger partial charge in [0.05, 0.1) is 18.0 Å². The van der Waals surface area contributed by atoms with E-state index < -0.39 is 16.1 Å². The Labute approximate surface area is 199 Å². The van der Waals surface area contributed by atoms with Crippen LogP contribution in [0.3, 0.4) is 0 Å². The van der Waals surface area contributed by atoms with Crippen molar-refractivity contribution in [3.8, 4) is 5.75 Å². The number of nitrogens with one attached hydrogen (secondary N) is 1. The van der Waals surface area contributed by atoms with E-state index >= 15 is 0 Å². The van der Waals surface area contributed by atoms with Crippen LogP contribution in [0, 0.1) is 6.92 Å². The topological polar surface area (TPSA) is 75.7 Å². The lowest BCUT2D eigenvalue weighted by Gasteiger charge is -2.34. The van der Waals surface area contributed by atoms with Crippen LogP contribution in [0.4, 0.5) is 5.69 Å². The molecular formula is C25H26N2O4S2. The second kappa shape index (κ2) is 10.3. The molecule has 0 saturated heterocycles. The third kappa shape index (κ3) is 5.89. The lowest BCUT2D eigenvalue weighted by Crippen LogP contribution is -2.51. The molecule has 6 nitrogen and oxygen atoms in total. The lowest BCUT2D eigenvalue weighted by atomic mass is 10.2. The first-order valence-corrected chi connectivity index (χ1v) is 13.3. The molecule has 1 atom stereocenters. The number of benzene rings is 3. The van der Waals surface area contributed by atoms with Crippen molar-refractivity contribution in [1.82, 2.24) is 5.32 Å². The van der Waals surface area contributed by atoms with Crippen molar-refractivity contribution >= 4 is 33.4 Å². The minimum atomic E-state index is -3.71. The summed E-state index contributed by atoms with van der Waals surface area (Å²) in [7, 11) is -3.71. The molecule has 172 valence electrons. The minimum absolute atomic E-state index is 0.0664. The van der Waals surface area contributed by atoms with Crippen LogP contribution in [0.15, 0.2) is 83.8 Å². The summed E-state index contributed by atoms with van der Waals surface area (Å²) in [6.45, 7) is 2.43. The highest BCUT2D eigenvalue weighted by Crippen LogP contribution is 2.35. The molecule has 0 aromatic heterocycles. The van der Waals surface area contributed by atoms with E-state index in [0.29, 0.717) is 29.3 Å². The van der Waals surface area contributed by atoms with Gasteiger partial charge in [0.25, 0.3) is 5.91 Å². The predicted octanol–water partition coefficient (Wildman–Crippen LogP) is 4.00. The zero-order chi connectivity index (χ0) is 23.3. The summed E-state index contributed by atoms with van der Waals surface area (Å²) in [5.41, 5.74) is 2.34. The summed E-state index contributed by atoms with van der Waals surface area (Å²) in [5.74, 6) is 0.612. The fourth-order valence-corrected chi connectivity index (χ4v) is 5.91. The molecule has 4 rings (SSSR count). The zero-order valence-corrected chi connectivity index (χ0v) is 19.9. The second-order valence-electron chi connectivity index (χ2n) is 7.80. The van der Waals surface area contributed by atoms with Crippen LogP contribution in [0.1, 0.15) is 11.1 Å². The Kier molecular flexibility index (Phi) is 7.25. The van der Waals surface area contributed by atoms with Gasteiger partial charge in [-0.25, -0.2) is 8.42 Å². The maximum absolute atomic E-state index is 13.3. The first kappa shape index (κ1) is 23.2. The number of thioether (sulfide) groups is 1. The average Bonchev–Trinajstić information content (AvgIpc) is 2.82. The molecule has 3 aromatic carbocycles. The Hall–Kier alpha value is -2.97. The monoisotopic (exact) mass is 482 g/mol. The third-order valence-corrected chi connectivity index (χ3v) is 7.98. The molecule has 1 aliphatic heterocycles. The molecule has 3 aromatic rings. The number of anilines is 1. The van der Waals surface area contributed by atoms with Gasteiger partial charge < -0.3 is 10.1 Å². The van der Waals surface area contributed by atoms with E-state index in [2.05, 4.69) is 29.6 Å². The van der Waals surface area contributed by atoms with E-state index in [-0.39, 0.29) is 18.2 Å². The molecule has 1 N–H and O–H groups in total. The van der Waals surface area contributed by atoms with E-state index in [1.807, 2.05) is 25.1 Å². The van der Waals surface area contributed by atoms with E-state index in [4.69, 9.17) is 4.74 Å². The number of carbonyl (C=O) groups is 1. The molecule has 0 aliphatic carbocycles. The van der Waals surface area contributed by atoms with Crippen molar-refractivity contribution in [2.75, 3.05) is 23.1 Å². The van der Waals surface area contributed by atoms with Crippen LogP contribution in [-0.2, 0) is 20.6 Å². The van der Waals surface area contributed by atoms with E-state index in [0.717, 1.165) is 4.90 Å². The van der Waals surface area contributed by atoms with Crippen LogP contribution in [0.25, 0.3) is 0 Å². The van der Waals surface area contributed by atoms with Crippen molar-refractivity contribution < 1.29 is 17.9 Å². The first-order valence-electron chi connectivity index (χ1n) is 10.7. The van der Waals surface area contributed by atoms with Gasteiger partial charge in [0.1, 0.15) is 5.75 Å². The van der Waals surface area contributed by atoms with E-state index in [1.54, 1.807) is 48.2 Å². The number of hydrogen-bond donors (Lipinski definition) is 1. The molecule has 8 heteroatoms. The van der Waals surface area contributed by atoms with Crippen LogP contribution < -0.4 is 14.4 Å². The van der Waals surface area contributed by atoms with Crippen molar-refractivity contribution in [2.24, 2.45) is 0 Å². The van der Waals surface area contributed by atoms with Crippen molar-refractivity contribution in [1.29, 1.82) is 0 Å². The van der Waals surface area contributed by atoms with Gasteiger partial charge in [0.15, 0.2) is 6.10 Å². The fourth-order valence-electron chi connectivity index (χ4n) is 3.56. The van der Waals surface area contributed by atoms with Crippen LogP contribution in [-0.4, -0.2) is 39.3 Å². The molecule has 1 heterocycles. The van der Waals surface area contributed by atoms with Gasteiger partial charge in [0.2, 0.25) is 10.0 Å². The summed E-state index contributed by atoms with van der Waals surface area (Å²) in [4.78, 5) is 14.0. The number of fused-ring (bicyclic) bond motifs is 1. The van der Waals surface area contributed by atoms with Gasteiger partial charge in [-0.3, -0.25) is 9.10 Å². The van der Waals surface area contributed by atoms with Crippen LogP contribution >= 0.6 is 11.8 Å². The summed E-state index contributed by atoms with van der Waals surface area (Å²) in [6, 6.07) is 24.1. The van der Waals surface area contributed by atoms with E-state index in [1.165, 1.54) is 9.87 Å². The third-order valence-electron chi connectivity index (χ3n) is 5.25. The SMILES string of the molecule is Cc1ccc(SCCNC(=O)C2CN(S(=O)(=O)Cc3ccccc3)c3ccccc3O2)cc1. The molecule has 0 radical (unpaired) electrons. The van der Waals surface area contributed by atoms with Crippen molar-refractivity contribution in [2.45, 2.75) is 23.7 Å². The smallest absolute Gasteiger partial charge is 0.263 e. The van der Waals surface area contributed by atoms with Crippen molar-refractivity contribution in [3.05, 3.63) is 90.0 Å². The number of sulfonamides is 1. The number of hydrogen-bond acceptors (Lipinski definition) is 5. The molecule has 0 fully saturated rings. The van der Waals surface area contributed by atoms with Crippen molar-refractivity contribution in [3.63, 3.8) is 0 Å². The number of ether oxygens (including phenoxy) is 1. The molecule has 1 aliphatic rings. The molecule has 1 amide bonds. The number of aryl methyl sites for hydroxylation is 1. The number of rotatable bonds is 8. The normalized spacial score (nSPS) is 15.4. The summed E-state index contributed by atoms with van der Waals surface area (Å²) in [5, 5.41) is 2.88. The summed E-state index contributed by atoms with van der Waals surface area (Å²) in [6.07, 6.45) is -0.921. The highest BCUT2D eigenvalue weighted by Gasteiger charge is 2.36. The standard InChI is InChI=1S/C25H26N2O4S2/c1-19-11-13-21(14-12-19)32-16-15-26-25(28)24-17-27(22-9-5-6-10-23(22)31-24)33(29,30)18-20-7-3-2-4-8-20/h2-14,24H,15-18H2,1H3,(H,26,28). The molecule has 0 saturated carbocycles. The quantitative estimate of drug-likeness (QED) is 0.388. The highest BCUT2D eigenvalue weighted by molar-refractivity contribution is 7.99. The lowest BCUT2D eigenvalue weighted by molar-refractivity contribution is -0.127. The predicted molar refractivity (Wildman–Crippen MR) is 132 cm³/mol. The fraction of sp³-hybridized carbons (Fsp3) is 0.240. The van der Waals surface area contributed by atoms with Crippen LogP contribution in [0.2, 0.25) is 0 Å². The van der Waals surface area contributed by atoms with Gasteiger partial charge >= 0.3 is 0 Å². The number of carbonyl (C=O) groups excluding carboxylic acids is 1. The van der Waals surface area contributed by atoms with Gasteiger partial charge in [-0.15, -0.1) is 11.8 Å². The number of nitrogens with zero attached hydrogens (tertiary/aromatic N) is 1. The maximum atomic E-state index is 13.3. The highest BCUT2D eigenvalue weighted by atomic mass is 32.2. The molecule has 0 spiro atoms. The molecule has 0 bridgehead atoms. The van der Waals surface area contributed by atoms with Gasteiger partial charge in [-0.1, -0.05) is 60.2 Å².